The van der Waals surface area contributed by atoms with Crippen LogP contribution in [0.3, 0.4) is 0 Å². The summed E-state index contributed by atoms with van der Waals surface area (Å²) in [6, 6.07) is 10.9. The molecule has 1 aliphatic carbocycles. The minimum absolute atomic E-state index is 0.262. The molecular weight excluding hydrogens is 248 g/mol. The van der Waals surface area contributed by atoms with Gasteiger partial charge in [0, 0.05) is 18.2 Å². The fraction of sp³-hybridized carbons (Fsp3) is 0.588. The summed E-state index contributed by atoms with van der Waals surface area (Å²) in [5.74, 6) is 0.262. The van der Waals surface area contributed by atoms with E-state index in [1.165, 1.54) is 12.8 Å². The first kappa shape index (κ1) is 15.0. The van der Waals surface area contributed by atoms with Gasteiger partial charge in [0.05, 0.1) is 6.04 Å². The fourth-order valence-corrected chi connectivity index (χ4v) is 3.27. The molecule has 1 aromatic rings. The lowest BCUT2D eigenvalue weighted by Gasteiger charge is -2.36. The predicted molar refractivity (Wildman–Crippen MR) is 84.0 cm³/mol. The van der Waals surface area contributed by atoms with Crippen molar-refractivity contribution in [3.8, 4) is 0 Å². The lowest BCUT2D eigenvalue weighted by molar-refractivity contribution is -0.119. The fourth-order valence-electron chi connectivity index (χ4n) is 3.27. The maximum absolute atomic E-state index is 12.6. The van der Waals surface area contributed by atoms with Gasteiger partial charge in [-0.3, -0.25) is 4.79 Å². The zero-order valence-electron chi connectivity index (χ0n) is 12.9. The summed E-state index contributed by atoms with van der Waals surface area (Å²) in [5, 5.41) is 0. The third-order valence-electron chi connectivity index (χ3n) is 4.21. The lowest BCUT2D eigenvalue weighted by atomic mass is 10.1. The van der Waals surface area contributed by atoms with Crippen molar-refractivity contribution < 1.29 is 4.79 Å². The molecule has 3 heteroatoms. The lowest BCUT2D eigenvalue weighted by Crippen LogP contribution is -2.49. The SMILES string of the molecule is CCCC(=O)N(c1ccccc1)C1CCCC1N(C)C. The standard InChI is InChI=1S/C17H26N2O/c1-4-9-17(20)19(14-10-6-5-7-11-14)16-13-8-12-15(16)18(2)3/h5-7,10-11,15-16H,4,8-9,12-13H2,1-3H3. The number of likely N-dealkylation sites (N-methyl/N-ethyl adjacent to an activating group) is 1. The molecule has 1 saturated carbocycles. The molecule has 0 spiro atoms. The number of para-hydroxylation sites is 1. The van der Waals surface area contributed by atoms with Crippen LogP contribution >= 0.6 is 0 Å². The van der Waals surface area contributed by atoms with Crippen molar-refractivity contribution in [2.45, 2.75) is 51.1 Å². The molecular formula is C17H26N2O. The number of rotatable bonds is 5. The van der Waals surface area contributed by atoms with Gasteiger partial charge in [-0.05, 0) is 51.9 Å². The normalized spacial score (nSPS) is 22.2. The second-order valence-corrected chi connectivity index (χ2v) is 5.88. The van der Waals surface area contributed by atoms with Gasteiger partial charge in [0.15, 0.2) is 0 Å². The zero-order chi connectivity index (χ0) is 14.5. The van der Waals surface area contributed by atoms with Gasteiger partial charge < -0.3 is 9.80 Å². The van der Waals surface area contributed by atoms with E-state index < -0.39 is 0 Å². The quantitative estimate of drug-likeness (QED) is 0.822. The van der Waals surface area contributed by atoms with Crippen LogP contribution in [0, 0.1) is 0 Å². The van der Waals surface area contributed by atoms with Crippen molar-refractivity contribution in [2.75, 3.05) is 19.0 Å². The highest BCUT2D eigenvalue weighted by molar-refractivity contribution is 5.94. The molecule has 110 valence electrons. The average molecular weight is 274 g/mol. The number of benzene rings is 1. The van der Waals surface area contributed by atoms with E-state index in [0.717, 1.165) is 18.5 Å². The molecule has 0 aliphatic heterocycles. The molecule has 2 atom stereocenters. The first-order valence-corrected chi connectivity index (χ1v) is 7.68. The minimum atomic E-state index is 0.262. The molecule has 0 radical (unpaired) electrons. The van der Waals surface area contributed by atoms with Crippen molar-refractivity contribution in [3.63, 3.8) is 0 Å². The van der Waals surface area contributed by atoms with Crippen molar-refractivity contribution >= 4 is 11.6 Å². The number of hydrogen-bond acceptors (Lipinski definition) is 2. The summed E-state index contributed by atoms with van der Waals surface area (Å²) in [5.41, 5.74) is 1.05. The molecule has 0 aromatic heterocycles. The summed E-state index contributed by atoms with van der Waals surface area (Å²) in [6.45, 7) is 2.07. The Balaban J connectivity index is 2.29. The van der Waals surface area contributed by atoms with E-state index in [2.05, 4.69) is 43.0 Å². The zero-order valence-corrected chi connectivity index (χ0v) is 12.9. The summed E-state index contributed by atoms with van der Waals surface area (Å²) >= 11 is 0. The Morgan fingerprint density at radius 1 is 1.15 bits per heavy atom. The Bertz CT molecular complexity index is 430. The van der Waals surface area contributed by atoms with E-state index in [1.807, 2.05) is 18.2 Å². The van der Waals surface area contributed by atoms with Crippen molar-refractivity contribution in [1.82, 2.24) is 4.90 Å². The van der Waals surface area contributed by atoms with Crippen molar-refractivity contribution in [2.24, 2.45) is 0 Å². The van der Waals surface area contributed by atoms with E-state index in [9.17, 15) is 4.79 Å². The molecule has 20 heavy (non-hydrogen) atoms. The third kappa shape index (κ3) is 3.21. The summed E-state index contributed by atoms with van der Waals surface area (Å²) < 4.78 is 0. The number of carbonyl (C=O) groups excluding carboxylic acids is 1. The molecule has 2 rings (SSSR count). The number of nitrogens with zero attached hydrogens (tertiary/aromatic N) is 2. The highest BCUT2D eigenvalue weighted by Gasteiger charge is 2.36. The third-order valence-corrected chi connectivity index (χ3v) is 4.21. The minimum Gasteiger partial charge on any atom is -0.308 e. The van der Waals surface area contributed by atoms with Crippen LogP contribution in [0.4, 0.5) is 5.69 Å². The Morgan fingerprint density at radius 2 is 1.80 bits per heavy atom. The van der Waals surface area contributed by atoms with Crippen LogP contribution in [0.25, 0.3) is 0 Å². The van der Waals surface area contributed by atoms with Gasteiger partial charge in [-0.25, -0.2) is 0 Å². The molecule has 0 N–H and O–H groups in total. The van der Waals surface area contributed by atoms with Gasteiger partial charge in [-0.1, -0.05) is 25.1 Å². The molecule has 1 fully saturated rings. The van der Waals surface area contributed by atoms with E-state index in [1.54, 1.807) is 0 Å². The van der Waals surface area contributed by atoms with Crippen LogP contribution in [-0.2, 0) is 4.79 Å². The summed E-state index contributed by atoms with van der Waals surface area (Å²) in [7, 11) is 4.24. The largest absolute Gasteiger partial charge is 0.308 e. The van der Waals surface area contributed by atoms with Gasteiger partial charge in [0.25, 0.3) is 0 Å². The number of anilines is 1. The van der Waals surface area contributed by atoms with Crippen LogP contribution in [0.15, 0.2) is 30.3 Å². The Kier molecular flexibility index (Phi) is 5.18. The van der Waals surface area contributed by atoms with Crippen LogP contribution in [0.5, 0.6) is 0 Å². The Labute approximate surface area is 122 Å². The van der Waals surface area contributed by atoms with Gasteiger partial charge in [-0.2, -0.15) is 0 Å². The smallest absolute Gasteiger partial charge is 0.227 e. The molecule has 0 bridgehead atoms. The monoisotopic (exact) mass is 274 g/mol. The van der Waals surface area contributed by atoms with E-state index in [4.69, 9.17) is 0 Å². The van der Waals surface area contributed by atoms with Crippen LogP contribution in [0.2, 0.25) is 0 Å². The number of amides is 1. The van der Waals surface area contributed by atoms with Gasteiger partial charge in [0.2, 0.25) is 5.91 Å². The summed E-state index contributed by atoms with van der Waals surface area (Å²) in [6.07, 6.45) is 5.02. The first-order valence-electron chi connectivity index (χ1n) is 7.68. The maximum Gasteiger partial charge on any atom is 0.227 e. The van der Waals surface area contributed by atoms with Gasteiger partial charge in [-0.15, -0.1) is 0 Å². The number of hydrogen-bond donors (Lipinski definition) is 0. The van der Waals surface area contributed by atoms with Crippen LogP contribution in [-0.4, -0.2) is 37.0 Å². The van der Waals surface area contributed by atoms with E-state index in [0.29, 0.717) is 18.5 Å². The van der Waals surface area contributed by atoms with Crippen LogP contribution in [0.1, 0.15) is 39.0 Å². The molecule has 0 saturated heterocycles. The molecule has 2 unspecified atom stereocenters. The molecule has 1 amide bonds. The maximum atomic E-state index is 12.6. The number of carbonyl (C=O) groups is 1. The van der Waals surface area contributed by atoms with Crippen molar-refractivity contribution in [1.29, 1.82) is 0 Å². The molecule has 0 heterocycles. The van der Waals surface area contributed by atoms with E-state index in [-0.39, 0.29) is 5.91 Å². The second-order valence-electron chi connectivity index (χ2n) is 5.88. The first-order chi connectivity index (χ1) is 9.65. The van der Waals surface area contributed by atoms with Gasteiger partial charge >= 0.3 is 0 Å². The molecule has 1 aromatic carbocycles. The van der Waals surface area contributed by atoms with Crippen molar-refractivity contribution in [3.05, 3.63) is 30.3 Å². The Morgan fingerprint density at radius 3 is 2.40 bits per heavy atom. The topological polar surface area (TPSA) is 23.6 Å². The molecule has 3 nitrogen and oxygen atoms in total. The second kappa shape index (κ2) is 6.89. The highest BCUT2D eigenvalue weighted by atomic mass is 16.2. The Hall–Kier alpha value is -1.35. The predicted octanol–water partition coefficient (Wildman–Crippen LogP) is 3.30. The summed E-state index contributed by atoms with van der Waals surface area (Å²) in [4.78, 5) is 16.9. The van der Waals surface area contributed by atoms with E-state index >= 15 is 0 Å². The van der Waals surface area contributed by atoms with Gasteiger partial charge in [0.1, 0.15) is 0 Å². The highest BCUT2D eigenvalue weighted by Crippen LogP contribution is 2.31. The average Bonchev–Trinajstić information content (AvgIpc) is 2.90. The van der Waals surface area contributed by atoms with Crippen LogP contribution < -0.4 is 4.90 Å². The molecule has 1 aliphatic rings.